The number of ether oxygens (including phenoxy) is 1. The smallest absolute Gasteiger partial charge is 0.146 e. The highest BCUT2D eigenvalue weighted by Crippen LogP contribution is 2.41. The van der Waals surface area contributed by atoms with Crippen LogP contribution in [0.15, 0.2) is 24.4 Å². The third-order valence-electron chi connectivity index (χ3n) is 3.12. The number of anilines is 1. The normalized spacial score (nSPS) is 14.4. The number of halogens is 1. The van der Waals surface area contributed by atoms with E-state index < -0.39 is 0 Å². The molecule has 1 aromatic carbocycles. The largest absolute Gasteiger partial charge is 0.497 e. The van der Waals surface area contributed by atoms with E-state index in [4.69, 9.17) is 4.74 Å². The van der Waals surface area contributed by atoms with Crippen LogP contribution in [0.25, 0.3) is 0 Å². The van der Waals surface area contributed by atoms with E-state index in [1.54, 1.807) is 30.6 Å². The van der Waals surface area contributed by atoms with Crippen LogP contribution in [-0.4, -0.2) is 12.1 Å². The van der Waals surface area contributed by atoms with Gasteiger partial charge in [-0.25, -0.2) is 9.37 Å². The molecule has 1 heterocycles. The Hall–Kier alpha value is -1.62. The summed E-state index contributed by atoms with van der Waals surface area (Å²) in [5.41, 5.74) is 0.459. The van der Waals surface area contributed by atoms with Crippen LogP contribution in [0.1, 0.15) is 28.6 Å². The summed E-state index contributed by atoms with van der Waals surface area (Å²) in [5, 5.41) is 4.30. The first-order valence-corrected chi connectivity index (χ1v) is 7.10. The van der Waals surface area contributed by atoms with Gasteiger partial charge in [-0.15, -0.1) is 11.3 Å². The monoisotopic (exact) mass is 278 g/mol. The predicted octanol–water partition coefficient (Wildman–Crippen LogP) is 3.78. The zero-order chi connectivity index (χ0) is 13.2. The van der Waals surface area contributed by atoms with Gasteiger partial charge in [-0.3, -0.25) is 0 Å². The van der Waals surface area contributed by atoms with Gasteiger partial charge in [0.2, 0.25) is 0 Å². The molecule has 0 unspecified atom stereocenters. The Morgan fingerprint density at radius 3 is 3.05 bits per heavy atom. The van der Waals surface area contributed by atoms with E-state index in [9.17, 15) is 4.39 Å². The quantitative estimate of drug-likeness (QED) is 0.903. The fourth-order valence-corrected chi connectivity index (χ4v) is 2.90. The molecule has 0 atom stereocenters. The van der Waals surface area contributed by atoms with Crippen molar-refractivity contribution in [3.05, 3.63) is 40.1 Å². The number of nitrogens with zero attached hydrogens (tertiary/aromatic N) is 1. The number of methoxy groups -OCH3 is 1. The Kier molecular flexibility index (Phi) is 3.38. The van der Waals surface area contributed by atoms with E-state index in [1.165, 1.54) is 23.9 Å². The Bertz CT molecular complexity index is 581. The Balaban J connectivity index is 1.67. The summed E-state index contributed by atoms with van der Waals surface area (Å²) in [5.74, 6) is 1.05. The van der Waals surface area contributed by atoms with Crippen LogP contribution in [0.2, 0.25) is 0 Å². The van der Waals surface area contributed by atoms with E-state index >= 15 is 0 Å². The average Bonchev–Trinajstić information content (AvgIpc) is 3.17. The van der Waals surface area contributed by atoms with Crippen LogP contribution < -0.4 is 10.1 Å². The molecule has 1 fully saturated rings. The molecule has 0 radical (unpaired) electrons. The van der Waals surface area contributed by atoms with Crippen molar-refractivity contribution < 1.29 is 9.13 Å². The lowest BCUT2D eigenvalue weighted by Gasteiger charge is -2.08. The second-order valence-corrected chi connectivity index (χ2v) is 5.79. The first-order chi connectivity index (χ1) is 9.26. The van der Waals surface area contributed by atoms with Crippen molar-refractivity contribution >= 4 is 17.0 Å². The molecule has 1 N–H and O–H groups in total. The van der Waals surface area contributed by atoms with Gasteiger partial charge in [0.15, 0.2) is 0 Å². The van der Waals surface area contributed by atoms with E-state index in [-0.39, 0.29) is 5.82 Å². The molecule has 0 amide bonds. The average molecular weight is 278 g/mol. The summed E-state index contributed by atoms with van der Waals surface area (Å²) in [4.78, 5) is 5.54. The zero-order valence-electron chi connectivity index (χ0n) is 10.6. The molecule has 2 aromatic rings. The minimum absolute atomic E-state index is 0.271. The fraction of sp³-hybridized carbons (Fsp3) is 0.357. The summed E-state index contributed by atoms with van der Waals surface area (Å²) in [6.45, 7) is 0.592. The number of thiazole rings is 1. The molecule has 1 aromatic heterocycles. The minimum Gasteiger partial charge on any atom is -0.497 e. The number of rotatable bonds is 5. The first kappa shape index (κ1) is 12.4. The van der Waals surface area contributed by atoms with Gasteiger partial charge in [0.1, 0.15) is 11.6 Å². The van der Waals surface area contributed by atoms with E-state index in [0.717, 1.165) is 4.88 Å². The maximum atomic E-state index is 13.6. The van der Waals surface area contributed by atoms with Gasteiger partial charge in [-0.2, -0.15) is 0 Å². The summed E-state index contributed by atoms with van der Waals surface area (Å²) < 4.78 is 18.7. The summed E-state index contributed by atoms with van der Waals surface area (Å²) in [7, 11) is 1.57. The number of nitrogens with one attached hydrogen (secondary N) is 1. The van der Waals surface area contributed by atoms with Gasteiger partial charge in [-0.1, -0.05) is 0 Å². The molecule has 0 bridgehead atoms. The Labute approximate surface area is 115 Å². The minimum atomic E-state index is -0.271. The van der Waals surface area contributed by atoms with Gasteiger partial charge >= 0.3 is 0 Å². The number of hydrogen-bond donors (Lipinski definition) is 1. The second-order valence-electron chi connectivity index (χ2n) is 4.64. The molecular weight excluding hydrogens is 263 g/mol. The second kappa shape index (κ2) is 5.17. The van der Waals surface area contributed by atoms with Gasteiger partial charge in [0.05, 0.1) is 24.3 Å². The fourth-order valence-electron chi connectivity index (χ4n) is 1.87. The highest BCUT2D eigenvalue weighted by Gasteiger charge is 2.26. The molecule has 5 heteroatoms. The van der Waals surface area contributed by atoms with Crippen molar-refractivity contribution in [3.8, 4) is 5.75 Å². The van der Waals surface area contributed by atoms with Crippen molar-refractivity contribution in [2.24, 2.45) is 0 Å². The van der Waals surface area contributed by atoms with Crippen LogP contribution in [0.4, 0.5) is 10.1 Å². The number of hydrogen-bond acceptors (Lipinski definition) is 4. The maximum Gasteiger partial charge on any atom is 0.146 e. The van der Waals surface area contributed by atoms with Crippen molar-refractivity contribution in [2.75, 3.05) is 12.4 Å². The first-order valence-electron chi connectivity index (χ1n) is 6.28. The topological polar surface area (TPSA) is 34.1 Å². The summed E-state index contributed by atoms with van der Waals surface area (Å²) >= 11 is 1.71. The molecule has 0 saturated heterocycles. The molecule has 0 aliphatic heterocycles. The molecule has 1 aliphatic carbocycles. The molecular formula is C14H15FN2OS. The number of benzene rings is 1. The van der Waals surface area contributed by atoms with Gasteiger partial charge in [0, 0.05) is 23.1 Å². The number of aromatic nitrogens is 1. The highest BCUT2D eigenvalue weighted by atomic mass is 32.1. The lowest BCUT2D eigenvalue weighted by Crippen LogP contribution is -2.00. The molecule has 100 valence electrons. The van der Waals surface area contributed by atoms with Crippen LogP contribution in [0.3, 0.4) is 0 Å². The molecule has 1 aliphatic rings. The molecule has 0 spiro atoms. The Morgan fingerprint density at radius 1 is 1.47 bits per heavy atom. The third kappa shape index (κ3) is 2.87. The molecule has 3 rings (SSSR count). The van der Waals surface area contributed by atoms with Crippen LogP contribution in [0, 0.1) is 5.82 Å². The van der Waals surface area contributed by atoms with Crippen LogP contribution in [0.5, 0.6) is 5.75 Å². The third-order valence-corrected chi connectivity index (χ3v) is 4.28. The van der Waals surface area contributed by atoms with Gasteiger partial charge in [0.25, 0.3) is 0 Å². The standard InChI is InChI=1S/C14H15FN2OS/c1-18-10-4-5-12(15)13(6-10)16-7-11-8-17-14(19-11)9-2-3-9/h4-6,8-9,16H,2-3,7H2,1H3. The summed E-state index contributed by atoms with van der Waals surface area (Å²) in [6.07, 6.45) is 4.39. The van der Waals surface area contributed by atoms with Crippen molar-refractivity contribution in [1.29, 1.82) is 0 Å². The van der Waals surface area contributed by atoms with E-state index in [1.807, 2.05) is 6.20 Å². The van der Waals surface area contributed by atoms with Crippen molar-refractivity contribution in [2.45, 2.75) is 25.3 Å². The van der Waals surface area contributed by atoms with Gasteiger partial charge in [-0.05, 0) is 25.0 Å². The van der Waals surface area contributed by atoms with Crippen molar-refractivity contribution in [3.63, 3.8) is 0 Å². The predicted molar refractivity (Wildman–Crippen MR) is 74.4 cm³/mol. The van der Waals surface area contributed by atoms with Crippen molar-refractivity contribution in [1.82, 2.24) is 4.98 Å². The molecule has 19 heavy (non-hydrogen) atoms. The highest BCUT2D eigenvalue weighted by molar-refractivity contribution is 7.11. The maximum absolute atomic E-state index is 13.6. The van der Waals surface area contributed by atoms with E-state index in [0.29, 0.717) is 23.9 Å². The zero-order valence-corrected chi connectivity index (χ0v) is 11.5. The van der Waals surface area contributed by atoms with Gasteiger partial charge < -0.3 is 10.1 Å². The van der Waals surface area contributed by atoms with E-state index in [2.05, 4.69) is 10.3 Å². The SMILES string of the molecule is COc1ccc(F)c(NCc2cnc(C3CC3)s2)c1. The Morgan fingerprint density at radius 2 is 2.32 bits per heavy atom. The van der Waals surface area contributed by atoms with Crippen LogP contribution >= 0.6 is 11.3 Å². The molecule has 1 saturated carbocycles. The lowest BCUT2D eigenvalue weighted by molar-refractivity contribution is 0.414. The summed E-state index contributed by atoms with van der Waals surface area (Å²) in [6, 6.07) is 4.68. The lowest BCUT2D eigenvalue weighted by atomic mass is 10.3. The van der Waals surface area contributed by atoms with Crippen LogP contribution in [-0.2, 0) is 6.54 Å². The molecule has 3 nitrogen and oxygen atoms in total.